The summed E-state index contributed by atoms with van der Waals surface area (Å²) in [6.07, 6.45) is 2.39. The minimum absolute atomic E-state index is 0.104. The van der Waals surface area contributed by atoms with Crippen molar-refractivity contribution in [2.24, 2.45) is 0 Å². The summed E-state index contributed by atoms with van der Waals surface area (Å²) in [5.74, 6) is 0.204. The van der Waals surface area contributed by atoms with Crippen LogP contribution >= 0.6 is 0 Å². The molecule has 2 atom stereocenters. The number of ether oxygens (including phenoxy) is 1. The van der Waals surface area contributed by atoms with Crippen LogP contribution in [0.25, 0.3) is 0 Å². The van der Waals surface area contributed by atoms with Crippen LogP contribution in [0.5, 0.6) is 0 Å². The van der Waals surface area contributed by atoms with Crippen LogP contribution in [0.3, 0.4) is 0 Å². The monoisotopic (exact) mass is 155 g/mol. The highest BCUT2D eigenvalue weighted by atomic mass is 16.6. The van der Waals surface area contributed by atoms with Crippen LogP contribution in [0.4, 0.5) is 0 Å². The molecule has 0 radical (unpaired) electrons. The Morgan fingerprint density at radius 3 is 2.45 bits per heavy atom. The Morgan fingerprint density at radius 2 is 2.00 bits per heavy atom. The van der Waals surface area contributed by atoms with Gasteiger partial charge in [0.15, 0.2) is 6.10 Å². The van der Waals surface area contributed by atoms with Crippen molar-refractivity contribution in [3.05, 3.63) is 0 Å². The summed E-state index contributed by atoms with van der Waals surface area (Å²) in [6, 6.07) is 0. The smallest absolute Gasteiger partial charge is 0.254 e. The summed E-state index contributed by atoms with van der Waals surface area (Å²) in [7, 11) is 0. The van der Waals surface area contributed by atoms with E-state index in [1.807, 2.05) is 11.8 Å². The maximum Gasteiger partial charge on any atom is 0.254 e. The van der Waals surface area contributed by atoms with Crippen molar-refractivity contribution in [3.8, 4) is 0 Å². The molecule has 0 aromatic rings. The molecule has 0 aromatic carbocycles. The highest BCUT2D eigenvalue weighted by Crippen LogP contribution is 2.24. The summed E-state index contributed by atoms with van der Waals surface area (Å²) in [5.41, 5.74) is 0. The summed E-state index contributed by atoms with van der Waals surface area (Å²) < 4.78 is 5.10. The lowest BCUT2D eigenvalue weighted by Gasteiger charge is -2.12. The fourth-order valence-electron chi connectivity index (χ4n) is 1.56. The first kappa shape index (κ1) is 7.10. The van der Waals surface area contributed by atoms with Crippen molar-refractivity contribution in [2.75, 3.05) is 13.1 Å². The molecule has 2 heterocycles. The lowest BCUT2D eigenvalue weighted by molar-refractivity contribution is -0.131. The molecule has 2 fully saturated rings. The summed E-state index contributed by atoms with van der Waals surface area (Å²) in [4.78, 5) is 13.3. The van der Waals surface area contributed by atoms with Crippen LogP contribution < -0.4 is 0 Å². The van der Waals surface area contributed by atoms with Crippen molar-refractivity contribution in [2.45, 2.75) is 32.0 Å². The molecule has 62 valence electrons. The van der Waals surface area contributed by atoms with E-state index in [2.05, 4.69) is 0 Å². The van der Waals surface area contributed by atoms with Gasteiger partial charge < -0.3 is 9.64 Å². The average Bonchev–Trinajstić information content (AvgIpc) is 2.56. The van der Waals surface area contributed by atoms with Crippen LogP contribution in [0, 0.1) is 0 Å². The molecular formula is C8H13NO2. The average molecular weight is 155 g/mol. The fourth-order valence-corrected chi connectivity index (χ4v) is 1.56. The second kappa shape index (κ2) is 2.48. The zero-order chi connectivity index (χ0) is 7.84. The highest BCUT2D eigenvalue weighted by Gasteiger charge is 2.43. The lowest BCUT2D eigenvalue weighted by Crippen LogP contribution is -2.32. The van der Waals surface area contributed by atoms with Gasteiger partial charge in [0.25, 0.3) is 5.91 Å². The summed E-state index contributed by atoms with van der Waals surface area (Å²) >= 11 is 0. The molecule has 0 unspecified atom stereocenters. The van der Waals surface area contributed by atoms with E-state index in [1.165, 1.54) is 0 Å². The first-order valence-corrected chi connectivity index (χ1v) is 4.23. The van der Waals surface area contributed by atoms with Crippen LogP contribution in [-0.4, -0.2) is 36.1 Å². The third kappa shape index (κ3) is 1.25. The van der Waals surface area contributed by atoms with Gasteiger partial charge in [-0.1, -0.05) is 0 Å². The maximum absolute atomic E-state index is 11.4. The maximum atomic E-state index is 11.4. The van der Waals surface area contributed by atoms with E-state index in [-0.39, 0.29) is 18.1 Å². The Labute approximate surface area is 66.3 Å². The predicted octanol–water partition coefficient (Wildman–Crippen LogP) is 0.396. The molecule has 11 heavy (non-hydrogen) atoms. The Balaban J connectivity index is 1.89. The topological polar surface area (TPSA) is 32.8 Å². The van der Waals surface area contributed by atoms with Gasteiger partial charge in [-0.2, -0.15) is 0 Å². The SMILES string of the molecule is C[C@H]1O[C@@H]1C(=O)N1CCCC1. The van der Waals surface area contributed by atoms with E-state index in [0.717, 1.165) is 25.9 Å². The first-order valence-electron chi connectivity index (χ1n) is 4.23. The largest absolute Gasteiger partial charge is 0.359 e. The molecule has 1 amide bonds. The molecule has 0 N–H and O–H groups in total. The van der Waals surface area contributed by atoms with E-state index >= 15 is 0 Å². The van der Waals surface area contributed by atoms with Crippen molar-refractivity contribution in [1.29, 1.82) is 0 Å². The zero-order valence-electron chi connectivity index (χ0n) is 6.75. The molecule has 2 aliphatic heterocycles. The van der Waals surface area contributed by atoms with Gasteiger partial charge in [0.05, 0.1) is 6.10 Å². The minimum Gasteiger partial charge on any atom is -0.359 e. The Kier molecular flexibility index (Phi) is 1.60. The van der Waals surface area contributed by atoms with Gasteiger partial charge in [-0.25, -0.2) is 0 Å². The molecule has 3 nitrogen and oxygen atoms in total. The molecule has 0 aromatic heterocycles. The minimum atomic E-state index is -0.104. The molecule has 2 rings (SSSR count). The zero-order valence-corrected chi connectivity index (χ0v) is 6.75. The highest BCUT2D eigenvalue weighted by molar-refractivity contribution is 5.83. The van der Waals surface area contributed by atoms with Gasteiger partial charge in [-0.15, -0.1) is 0 Å². The standard InChI is InChI=1S/C8H13NO2/c1-6-7(11-6)8(10)9-4-2-3-5-9/h6-7H,2-5H2,1H3/t6-,7+/m1/s1. The van der Waals surface area contributed by atoms with E-state index in [4.69, 9.17) is 4.74 Å². The Morgan fingerprint density at radius 1 is 1.45 bits per heavy atom. The van der Waals surface area contributed by atoms with Gasteiger partial charge >= 0.3 is 0 Å². The molecule has 0 saturated carbocycles. The van der Waals surface area contributed by atoms with Gasteiger partial charge in [-0.3, -0.25) is 4.79 Å². The number of nitrogens with zero attached hydrogens (tertiary/aromatic N) is 1. The number of likely N-dealkylation sites (tertiary alicyclic amines) is 1. The van der Waals surface area contributed by atoms with Crippen molar-refractivity contribution < 1.29 is 9.53 Å². The van der Waals surface area contributed by atoms with Crippen LogP contribution in [-0.2, 0) is 9.53 Å². The number of hydrogen-bond donors (Lipinski definition) is 0. The van der Waals surface area contributed by atoms with Crippen molar-refractivity contribution in [1.82, 2.24) is 4.90 Å². The fraction of sp³-hybridized carbons (Fsp3) is 0.875. The molecule has 0 bridgehead atoms. The lowest BCUT2D eigenvalue weighted by atomic mass is 10.3. The number of hydrogen-bond acceptors (Lipinski definition) is 2. The van der Waals surface area contributed by atoms with Crippen LogP contribution in [0.2, 0.25) is 0 Å². The Bertz CT molecular complexity index is 175. The molecule has 0 aliphatic carbocycles. The van der Waals surface area contributed by atoms with Crippen LogP contribution in [0.15, 0.2) is 0 Å². The second-order valence-corrected chi connectivity index (χ2v) is 3.29. The molecule has 0 spiro atoms. The van der Waals surface area contributed by atoms with Gasteiger partial charge in [-0.05, 0) is 19.8 Å². The summed E-state index contributed by atoms with van der Waals surface area (Å²) in [5, 5.41) is 0. The number of amides is 1. The summed E-state index contributed by atoms with van der Waals surface area (Å²) in [6.45, 7) is 3.81. The van der Waals surface area contributed by atoms with E-state index in [0.29, 0.717) is 0 Å². The Hall–Kier alpha value is -0.570. The molecule has 2 saturated heterocycles. The van der Waals surface area contributed by atoms with Gasteiger partial charge in [0.1, 0.15) is 0 Å². The molecule has 3 heteroatoms. The quantitative estimate of drug-likeness (QED) is 0.513. The van der Waals surface area contributed by atoms with Gasteiger partial charge in [0.2, 0.25) is 0 Å². The van der Waals surface area contributed by atoms with Crippen LogP contribution in [0.1, 0.15) is 19.8 Å². The van der Waals surface area contributed by atoms with Crippen molar-refractivity contribution >= 4 is 5.91 Å². The van der Waals surface area contributed by atoms with Gasteiger partial charge in [0, 0.05) is 13.1 Å². The van der Waals surface area contributed by atoms with E-state index < -0.39 is 0 Å². The van der Waals surface area contributed by atoms with E-state index in [1.54, 1.807) is 0 Å². The normalized spacial score (nSPS) is 35.9. The van der Waals surface area contributed by atoms with Crippen molar-refractivity contribution in [3.63, 3.8) is 0 Å². The third-order valence-corrected chi connectivity index (χ3v) is 2.37. The second-order valence-electron chi connectivity index (χ2n) is 3.29. The third-order valence-electron chi connectivity index (χ3n) is 2.37. The molecular weight excluding hydrogens is 142 g/mol. The number of carbonyl (C=O) groups is 1. The molecule has 2 aliphatic rings. The van der Waals surface area contributed by atoms with E-state index in [9.17, 15) is 4.79 Å². The predicted molar refractivity (Wildman–Crippen MR) is 40.1 cm³/mol. The number of rotatable bonds is 1. The first-order chi connectivity index (χ1) is 5.29. The number of epoxide rings is 1. The number of carbonyl (C=O) groups excluding carboxylic acids is 1.